The second-order valence-electron chi connectivity index (χ2n) is 6.48. The lowest BCUT2D eigenvalue weighted by molar-refractivity contribution is -0.128. The van der Waals surface area contributed by atoms with Gasteiger partial charge >= 0.3 is 0 Å². The Morgan fingerprint density at radius 1 is 1.39 bits per heavy atom. The second-order valence-corrected chi connectivity index (χ2v) is 6.48. The van der Waals surface area contributed by atoms with Crippen molar-refractivity contribution in [2.75, 3.05) is 32.1 Å². The summed E-state index contributed by atoms with van der Waals surface area (Å²) >= 11 is 0. The first-order valence-electron chi connectivity index (χ1n) is 8.52. The molecule has 0 spiro atoms. The molecule has 5 heteroatoms. The summed E-state index contributed by atoms with van der Waals surface area (Å²) in [5, 5.41) is 6.52. The standard InChI is InChI=1S/C18H26N2O3/c1-3-23-15-8-7-14(10-16(15)22-2)20-17(21)18-9-5-4-6-13(18)11-19-12-18/h7-8,10,13,19H,3-6,9,11-12H2,1-2H3,(H,20,21)/t13-,18+/m0/s1. The number of rotatable bonds is 5. The highest BCUT2D eigenvalue weighted by Gasteiger charge is 2.49. The maximum atomic E-state index is 13.0. The Morgan fingerprint density at radius 3 is 3.04 bits per heavy atom. The average molecular weight is 318 g/mol. The van der Waals surface area contributed by atoms with Gasteiger partial charge in [0, 0.05) is 18.3 Å². The van der Waals surface area contributed by atoms with Crippen molar-refractivity contribution in [2.45, 2.75) is 32.6 Å². The van der Waals surface area contributed by atoms with E-state index < -0.39 is 0 Å². The van der Waals surface area contributed by atoms with E-state index in [-0.39, 0.29) is 11.3 Å². The largest absolute Gasteiger partial charge is 0.493 e. The summed E-state index contributed by atoms with van der Waals surface area (Å²) < 4.78 is 10.9. The fourth-order valence-corrected chi connectivity index (χ4v) is 3.97. The van der Waals surface area contributed by atoms with Gasteiger partial charge < -0.3 is 20.1 Å². The fourth-order valence-electron chi connectivity index (χ4n) is 3.97. The zero-order valence-corrected chi connectivity index (χ0v) is 14.0. The van der Waals surface area contributed by atoms with Crippen LogP contribution in [0.5, 0.6) is 11.5 Å². The Balaban J connectivity index is 1.77. The first kappa shape index (κ1) is 16.1. The molecule has 0 radical (unpaired) electrons. The average Bonchev–Trinajstić information content (AvgIpc) is 3.01. The number of carbonyl (C=O) groups is 1. The van der Waals surface area contributed by atoms with Crippen LogP contribution in [0.4, 0.5) is 5.69 Å². The van der Waals surface area contributed by atoms with Crippen molar-refractivity contribution < 1.29 is 14.3 Å². The summed E-state index contributed by atoms with van der Waals surface area (Å²) in [5.41, 5.74) is 0.519. The van der Waals surface area contributed by atoms with E-state index in [0.717, 1.165) is 38.0 Å². The van der Waals surface area contributed by atoms with Gasteiger partial charge in [0.25, 0.3) is 0 Å². The summed E-state index contributed by atoms with van der Waals surface area (Å²) in [4.78, 5) is 13.0. The smallest absolute Gasteiger partial charge is 0.232 e. The van der Waals surface area contributed by atoms with Gasteiger partial charge in [0.1, 0.15) is 0 Å². The third-order valence-corrected chi connectivity index (χ3v) is 5.21. The van der Waals surface area contributed by atoms with E-state index in [1.165, 1.54) is 6.42 Å². The highest BCUT2D eigenvalue weighted by molar-refractivity contribution is 5.96. The number of hydrogen-bond donors (Lipinski definition) is 2. The number of benzene rings is 1. The zero-order valence-electron chi connectivity index (χ0n) is 14.0. The van der Waals surface area contributed by atoms with Crippen LogP contribution in [0.3, 0.4) is 0 Å². The van der Waals surface area contributed by atoms with Crippen LogP contribution in [0.15, 0.2) is 18.2 Å². The van der Waals surface area contributed by atoms with Crippen LogP contribution in [0.2, 0.25) is 0 Å². The van der Waals surface area contributed by atoms with Gasteiger partial charge in [-0.3, -0.25) is 4.79 Å². The lowest BCUT2D eigenvalue weighted by Crippen LogP contribution is -2.44. The molecular weight excluding hydrogens is 292 g/mol. The Hall–Kier alpha value is -1.75. The number of anilines is 1. The van der Waals surface area contributed by atoms with Crippen LogP contribution in [0, 0.1) is 11.3 Å². The van der Waals surface area contributed by atoms with Crippen LogP contribution >= 0.6 is 0 Å². The lowest BCUT2D eigenvalue weighted by Gasteiger charge is -2.37. The first-order chi connectivity index (χ1) is 11.2. The van der Waals surface area contributed by atoms with E-state index in [1.807, 2.05) is 25.1 Å². The predicted octanol–water partition coefficient (Wildman–Crippen LogP) is 2.81. The molecule has 1 aromatic rings. The van der Waals surface area contributed by atoms with Crippen molar-refractivity contribution in [3.63, 3.8) is 0 Å². The molecule has 1 amide bonds. The van der Waals surface area contributed by atoms with E-state index in [2.05, 4.69) is 10.6 Å². The molecule has 2 aliphatic rings. The van der Waals surface area contributed by atoms with E-state index in [0.29, 0.717) is 24.0 Å². The Bertz CT molecular complexity index is 575. The number of methoxy groups -OCH3 is 1. The topological polar surface area (TPSA) is 59.6 Å². The summed E-state index contributed by atoms with van der Waals surface area (Å²) in [6, 6.07) is 5.56. The van der Waals surface area contributed by atoms with E-state index in [9.17, 15) is 4.79 Å². The van der Waals surface area contributed by atoms with Gasteiger partial charge in [-0.05, 0) is 44.4 Å². The molecule has 1 aliphatic heterocycles. The summed E-state index contributed by atoms with van der Waals surface area (Å²) in [7, 11) is 1.61. The number of hydrogen-bond acceptors (Lipinski definition) is 4. The molecule has 2 atom stereocenters. The van der Waals surface area contributed by atoms with Crippen LogP contribution in [-0.2, 0) is 4.79 Å². The predicted molar refractivity (Wildman–Crippen MR) is 90.1 cm³/mol. The van der Waals surface area contributed by atoms with Gasteiger partial charge in [-0.15, -0.1) is 0 Å². The van der Waals surface area contributed by atoms with Crippen LogP contribution < -0.4 is 20.1 Å². The highest BCUT2D eigenvalue weighted by Crippen LogP contribution is 2.44. The monoisotopic (exact) mass is 318 g/mol. The first-order valence-corrected chi connectivity index (χ1v) is 8.52. The quantitative estimate of drug-likeness (QED) is 0.876. The number of ether oxygens (including phenoxy) is 2. The van der Waals surface area contributed by atoms with Crippen molar-refractivity contribution in [3.8, 4) is 11.5 Å². The number of nitrogens with one attached hydrogen (secondary N) is 2. The second kappa shape index (κ2) is 6.79. The molecule has 23 heavy (non-hydrogen) atoms. The van der Waals surface area contributed by atoms with E-state index in [1.54, 1.807) is 7.11 Å². The number of fused-ring (bicyclic) bond motifs is 1. The molecule has 1 aromatic carbocycles. The number of amides is 1. The molecule has 1 saturated heterocycles. The molecular formula is C18H26N2O3. The molecule has 2 fully saturated rings. The molecule has 5 nitrogen and oxygen atoms in total. The van der Waals surface area contributed by atoms with Crippen molar-refractivity contribution in [1.82, 2.24) is 5.32 Å². The van der Waals surface area contributed by atoms with Crippen LogP contribution in [0.1, 0.15) is 32.6 Å². The lowest BCUT2D eigenvalue weighted by atomic mass is 9.67. The Labute approximate surface area is 137 Å². The van der Waals surface area contributed by atoms with Gasteiger partial charge in [-0.1, -0.05) is 12.8 Å². The van der Waals surface area contributed by atoms with Crippen molar-refractivity contribution >= 4 is 11.6 Å². The summed E-state index contributed by atoms with van der Waals surface area (Å²) in [6.07, 6.45) is 4.49. The SMILES string of the molecule is CCOc1ccc(NC(=O)[C@@]23CCCC[C@H]2CNC3)cc1OC. The summed E-state index contributed by atoms with van der Waals surface area (Å²) in [6.45, 7) is 4.26. The van der Waals surface area contributed by atoms with Crippen LogP contribution in [0.25, 0.3) is 0 Å². The molecule has 1 aliphatic carbocycles. The maximum absolute atomic E-state index is 13.0. The minimum atomic E-state index is -0.246. The Morgan fingerprint density at radius 2 is 2.26 bits per heavy atom. The molecule has 3 rings (SSSR count). The molecule has 0 aromatic heterocycles. The molecule has 0 bridgehead atoms. The van der Waals surface area contributed by atoms with Gasteiger partial charge in [-0.2, -0.15) is 0 Å². The van der Waals surface area contributed by atoms with Crippen molar-refractivity contribution in [3.05, 3.63) is 18.2 Å². The minimum Gasteiger partial charge on any atom is -0.493 e. The van der Waals surface area contributed by atoms with E-state index >= 15 is 0 Å². The van der Waals surface area contributed by atoms with Crippen LogP contribution in [-0.4, -0.2) is 32.7 Å². The van der Waals surface area contributed by atoms with Gasteiger partial charge in [0.2, 0.25) is 5.91 Å². The highest BCUT2D eigenvalue weighted by atomic mass is 16.5. The number of carbonyl (C=O) groups excluding carboxylic acids is 1. The molecule has 2 N–H and O–H groups in total. The fraction of sp³-hybridized carbons (Fsp3) is 0.611. The van der Waals surface area contributed by atoms with Gasteiger partial charge in [0.05, 0.1) is 19.1 Å². The van der Waals surface area contributed by atoms with Crippen molar-refractivity contribution in [2.24, 2.45) is 11.3 Å². The minimum absolute atomic E-state index is 0.137. The third kappa shape index (κ3) is 3.02. The molecule has 0 unspecified atom stereocenters. The third-order valence-electron chi connectivity index (χ3n) is 5.21. The molecule has 126 valence electrons. The maximum Gasteiger partial charge on any atom is 0.232 e. The van der Waals surface area contributed by atoms with E-state index in [4.69, 9.17) is 9.47 Å². The molecule has 1 heterocycles. The van der Waals surface area contributed by atoms with Gasteiger partial charge in [-0.25, -0.2) is 0 Å². The van der Waals surface area contributed by atoms with Crippen molar-refractivity contribution in [1.29, 1.82) is 0 Å². The Kier molecular flexibility index (Phi) is 4.76. The molecule has 1 saturated carbocycles. The zero-order chi connectivity index (χ0) is 16.3. The summed E-state index contributed by atoms with van der Waals surface area (Å²) in [5.74, 6) is 1.94. The van der Waals surface area contributed by atoms with Gasteiger partial charge in [0.15, 0.2) is 11.5 Å². The normalized spacial score (nSPS) is 26.4.